The zero-order chi connectivity index (χ0) is 11.6. The Hall–Kier alpha value is -0.670. The monoisotopic (exact) mass is 261 g/mol. The molecule has 17 heavy (non-hydrogen) atoms. The van der Waals surface area contributed by atoms with Crippen molar-refractivity contribution in [1.82, 2.24) is 5.32 Å². The van der Waals surface area contributed by atoms with Gasteiger partial charge in [0, 0.05) is 11.1 Å². The van der Waals surface area contributed by atoms with Crippen molar-refractivity contribution in [3.05, 3.63) is 35.4 Å². The van der Waals surface area contributed by atoms with E-state index in [4.69, 9.17) is 0 Å². The van der Waals surface area contributed by atoms with Gasteiger partial charge in [0.05, 0.1) is 0 Å². The van der Waals surface area contributed by atoms with Crippen LogP contribution in [0.1, 0.15) is 37.3 Å². The summed E-state index contributed by atoms with van der Waals surface area (Å²) in [5.41, 5.74) is 1.38. The molecular formula is C13H18ClF2N. The first-order chi connectivity index (χ1) is 7.59. The van der Waals surface area contributed by atoms with E-state index in [1.165, 1.54) is 18.6 Å². The van der Waals surface area contributed by atoms with Crippen LogP contribution in [0.2, 0.25) is 0 Å². The molecule has 96 valence electrons. The summed E-state index contributed by atoms with van der Waals surface area (Å²) >= 11 is 0. The molecule has 0 radical (unpaired) electrons. The minimum atomic E-state index is -2.37. The first kappa shape index (κ1) is 14.4. The maximum Gasteiger partial charge on any atom is 0.263 e. The standard InChI is InChI=1S/C13H17F2N.ClH/c1-13(7-2-8-16-13)9-10-3-5-11(6-4-10)12(14)15;/h3-6,12,16H,2,7-9H2,1H3;1H. The van der Waals surface area contributed by atoms with Crippen molar-refractivity contribution in [2.24, 2.45) is 0 Å². The van der Waals surface area contributed by atoms with Gasteiger partial charge in [0.2, 0.25) is 0 Å². The van der Waals surface area contributed by atoms with Gasteiger partial charge in [-0.3, -0.25) is 0 Å². The van der Waals surface area contributed by atoms with Gasteiger partial charge in [-0.15, -0.1) is 12.4 Å². The zero-order valence-electron chi connectivity index (χ0n) is 9.88. The molecular weight excluding hydrogens is 244 g/mol. The van der Waals surface area contributed by atoms with E-state index < -0.39 is 6.43 Å². The van der Waals surface area contributed by atoms with E-state index in [0.29, 0.717) is 0 Å². The van der Waals surface area contributed by atoms with Crippen LogP contribution in [0.3, 0.4) is 0 Å². The van der Waals surface area contributed by atoms with Crippen LogP contribution in [0.25, 0.3) is 0 Å². The predicted octanol–water partition coefficient (Wildman–Crippen LogP) is 3.73. The molecule has 1 saturated heterocycles. The third-order valence-corrected chi connectivity index (χ3v) is 3.28. The Balaban J connectivity index is 0.00000144. The summed E-state index contributed by atoms with van der Waals surface area (Å²) in [5.74, 6) is 0. The van der Waals surface area contributed by atoms with Gasteiger partial charge in [-0.05, 0) is 38.3 Å². The summed E-state index contributed by atoms with van der Waals surface area (Å²) in [6.45, 7) is 3.26. The lowest BCUT2D eigenvalue weighted by Crippen LogP contribution is -2.38. The number of halogens is 3. The van der Waals surface area contributed by atoms with Crippen molar-refractivity contribution in [2.75, 3.05) is 6.54 Å². The average molecular weight is 262 g/mol. The van der Waals surface area contributed by atoms with Crippen LogP contribution < -0.4 is 5.32 Å². The summed E-state index contributed by atoms with van der Waals surface area (Å²) in [6, 6.07) is 6.68. The maximum absolute atomic E-state index is 12.4. The second-order valence-electron chi connectivity index (χ2n) is 4.81. The predicted molar refractivity (Wildman–Crippen MR) is 68.0 cm³/mol. The van der Waals surface area contributed by atoms with Crippen LogP contribution in [0, 0.1) is 0 Å². The van der Waals surface area contributed by atoms with E-state index in [1.54, 1.807) is 0 Å². The summed E-state index contributed by atoms with van der Waals surface area (Å²) in [4.78, 5) is 0. The lowest BCUT2D eigenvalue weighted by molar-refractivity contribution is 0.151. The second-order valence-corrected chi connectivity index (χ2v) is 4.81. The molecule has 0 bridgehead atoms. The van der Waals surface area contributed by atoms with Gasteiger partial charge in [0.15, 0.2) is 0 Å². The molecule has 2 rings (SSSR count). The average Bonchev–Trinajstić information content (AvgIpc) is 2.65. The summed E-state index contributed by atoms with van der Waals surface area (Å²) in [7, 11) is 0. The van der Waals surface area contributed by atoms with E-state index in [-0.39, 0.29) is 23.5 Å². The van der Waals surface area contributed by atoms with Crippen LogP contribution in [0.4, 0.5) is 8.78 Å². The molecule has 1 N–H and O–H groups in total. The molecule has 1 heterocycles. The van der Waals surface area contributed by atoms with Crippen LogP contribution in [0.15, 0.2) is 24.3 Å². The van der Waals surface area contributed by atoms with Gasteiger partial charge in [-0.2, -0.15) is 0 Å². The molecule has 1 fully saturated rings. The lowest BCUT2D eigenvalue weighted by atomic mass is 9.91. The first-order valence-electron chi connectivity index (χ1n) is 5.71. The Morgan fingerprint density at radius 2 is 1.94 bits per heavy atom. The highest BCUT2D eigenvalue weighted by molar-refractivity contribution is 5.85. The van der Waals surface area contributed by atoms with Crippen molar-refractivity contribution < 1.29 is 8.78 Å². The normalized spacial score (nSPS) is 23.8. The van der Waals surface area contributed by atoms with Crippen LogP contribution >= 0.6 is 12.4 Å². The SMILES string of the molecule is CC1(Cc2ccc(C(F)F)cc2)CCCN1.Cl. The Morgan fingerprint density at radius 3 is 2.41 bits per heavy atom. The molecule has 1 aromatic carbocycles. The highest BCUT2D eigenvalue weighted by atomic mass is 35.5. The van der Waals surface area contributed by atoms with Gasteiger partial charge in [0.25, 0.3) is 6.43 Å². The minimum Gasteiger partial charge on any atom is -0.311 e. The van der Waals surface area contributed by atoms with E-state index in [2.05, 4.69) is 12.2 Å². The van der Waals surface area contributed by atoms with Crippen molar-refractivity contribution in [1.29, 1.82) is 0 Å². The van der Waals surface area contributed by atoms with Crippen LogP contribution in [0.5, 0.6) is 0 Å². The second kappa shape index (κ2) is 5.78. The number of hydrogen-bond donors (Lipinski definition) is 1. The quantitative estimate of drug-likeness (QED) is 0.874. The third-order valence-electron chi connectivity index (χ3n) is 3.28. The summed E-state index contributed by atoms with van der Waals surface area (Å²) in [6.07, 6.45) is 0.903. The molecule has 0 spiro atoms. The van der Waals surface area contributed by atoms with Gasteiger partial charge < -0.3 is 5.32 Å². The molecule has 1 nitrogen and oxygen atoms in total. The number of benzene rings is 1. The highest BCUT2D eigenvalue weighted by Gasteiger charge is 2.27. The Morgan fingerprint density at radius 1 is 1.29 bits per heavy atom. The molecule has 4 heteroatoms. The van der Waals surface area contributed by atoms with Crippen LogP contribution in [-0.4, -0.2) is 12.1 Å². The number of rotatable bonds is 3. The Labute approximate surface area is 107 Å². The van der Waals surface area contributed by atoms with E-state index >= 15 is 0 Å². The highest BCUT2D eigenvalue weighted by Crippen LogP contribution is 2.25. The fourth-order valence-corrected chi connectivity index (χ4v) is 2.34. The van der Waals surface area contributed by atoms with Crippen LogP contribution in [-0.2, 0) is 6.42 Å². The number of alkyl halides is 2. The fraction of sp³-hybridized carbons (Fsp3) is 0.538. The van der Waals surface area contributed by atoms with Gasteiger partial charge in [0.1, 0.15) is 0 Å². The number of hydrogen-bond acceptors (Lipinski definition) is 1. The largest absolute Gasteiger partial charge is 0.311 e. The molecule has 0 aromatic heterocycles. The van der Waals surface area contributed by atoms with E-state index in [1.807, 2.05) is 12.1 Å². The Kier molecular flexibility index (Phi) is 4.90. The van der Waals surface area contributed by atoms with Gasteiger partial charge in [-0.1, -0.05) is 24.3 Å². The molecule has 1 aromatic rings. The van der Waals surface area contributed by atoms with Crippen molar-refractivity contribution in [3.8, 4) is 0 Å². The van der Waals surface area contributed by atoms with Gasteiger partial charge in [-0.25, -0.2) is 8.78 Å². The molecule has 0 saturated carbocycles. The fourth-order valence-electron chi connectivity index (χ4n) is 2.34. The first-order valence-corrected chi connectivity index (χ1v) is 5.71. The van der Waals surface area contributed by atoms with Crippen molar-refractivity contribution in [3.63, 3.8) is 0 Å². The molecule has 1 aliphatic rings. The van der Waals surface area contributed by atoms with E-state index in [0.717, 1.165) is 24.9 Å². The summed E-state index contributed by atoms with van der Waals surface area (Å²) < 4.78 is 24.7. The van der Waals surface area contributed by atoms with Gasteiger partial charge >= 0.3 is 0 Å². The molecule has 1 atom stereocenters. The smallest absolute Gasteiger partial charge is 0.263 e. The third kappa shape index (κ3) is 3.65. The number of nitrogens with one attached hydrogen (secondary N) is 1. The Bertz CT molecular complexity index is 345. The topological polar surface area (TPSA) is 12.0 Å². The zero-order valence-corrected chi connectivity index (χ0v) is 10.7. The minimum absolute atomic E-state index is 0. The van der Waals surface area contributed by atoms with E-state index in [9.17, 15) is 8.78 Å². The molecule has 0 aliphatic carbocycles. The molecule has 1 aliphatic heterocycles. The molecule has 0 amide bonds. The maximum atomic E-state index is 12.4. The van der Waals surface area contributed by atoms with Crippen molar-refractivity contribution in [2.45, 2.75) is 38.2 Å². The summed E-state index contributed by atoms with van der Waals surface area (Å²) in [5, 5.41) is 3.47. The lowest BCUT2D eigenvalue weighted by Gasteiger charge is -2.24. The van der Waals surface area contributed by atoms with Crippen molar-refractivity contribution >= 4 is 12.4 Å². The molecule has 1 unspecified atom stereocenters.